The molecule has 1 unspecified atom stereocenters. The third-order valence-corrected chi connectivity index (χ3v) is 7.03. The molecule has 2 saturated carbocycles. The van der Waals surface area contributed by atoms with Crippen LogP contribution in [-0.4, -0.2) is 23.1 Å². The summed E-state index contributed by atoms with van der Waals surface area (Å²) >= 11 is 1.37. The van der Waals surface area contributed by atoms with Gasteiger partial charge < -0.3 is 5.32 Å². The lowest BCUT2D eigenvalue weighted by Gasteiger charge is -2.23. The van der Waals surface area contributed by atoms with E-state index >= 15 is 0 Å². The molecule has 0 radical (unpaired) electrons. The van der Waals surface area contributed by atoms with E-state index in [1.54, 1.807) is 12.1 Å². The zero-order valence-corrected chi connectivity index (χ0v) is 19.0. The zero-order chi connectivity index (χ0) is 23.8. The molecule has 1 N–H and O–H groups in total. The summed E-state index contributed by atoms with van der Waals surface area (Å²) in [5, 5.41) is 3.33. The van der Waals surface area contributed by atoms with Crippen molar-refractivity contribution in [2.24, 2.45) is 0 Å². The van der Waals surface area contributed by atoms with Crippen molar-refractivity contribution in [1.29, 1.82) is 0 Å². The quantitative estimate of drug-likeness (QED) is 0.269. The molecule has 33 heavy (non-hydrogen) atoms. The van der Waals surface area contributed by atoms with Crippen LogP contribution in [0.25, 0.3) is 0 Å². The number of nitrogens with zero attached hydrogens (tertiary/aromatic N) is 1. The van der Waals surface area contributed by atoms with Crippen LogP contribution in [0.5, 0.6) is 0 Å². The topological polar surface area (TPSA) is 42.0 Å². The molecule has 0 spiro atoms. The van der Waals surface area contributed by atoms with Gasteiger partial charge in [0.25, 0.3) is 5.91 Å². The summed E-state index contributed by atoms with van der Waals surface area (Å²) in [5.41, 5.74) is 0.136. The highest BCUT2D eigenvalue weighted by Gasteiger charge is 2.41. The Morgan fingerprint density at radius 3 is 2.45 bits per heavy atom. The second-order valence-electron chi connectivity index (χ2n) is 8.82. The number of alkyl halides is 5. The minimum atomic E-state index is -4.61. The molecule has 178 valence electrons. The number of hydrogen-bond acceptors (Lipinski definition) is 3. The molecule has 1 aromatic carbocycles. The van der Waals surface area contributed by atoms with Crippen molar-refractivity contribution in [2.45, 2.75) is 73.9 Å². The third-order valence-electron chi connectivity index (χ3n) is 6.38. The van der Waals surface area contributed by atoms with Crippen LogP contribution in [0.3, 0.4) is 0 Å². The van der Waals surface area contributed by atoms with Gasteiger partial charge in [0, 0.05) is 30.3 Å². The van der Waals surface area contributed by atoms with Gasteiger partial charge in [-0.25, -0.2) is 13.8 Å². The summed E-state index contributed by atoms with van der Waals surface area (Å²) in [5.74, 6) is -4.05. The van der Waals surface area contributed by atoms with E-state index in [1.807, 2.05) is 6.26 Å². The van der Waals surface area contributed by atoms with Crippen LogP contribution in [0, 0.1) is 0 Å². The minimum Gasteiger partial charge on any atom is -0.322 e. The van der Waals surface area contributed by atoms with Crippen molar-refractivity contribution in [3.63, 3.8) is 0 Å². The standard InChI is InChI=1S/C24H25F5N2OS/c1-33-21-11-16(7-10-30-21)31-22(32)19-13-20(24(27,28)29)18(15-4-5-15)12-17(19)14-3-2-8-23(25,26)9-6-14/h7,10-15H,2-6,8-9H2,1H3,(H,30,31,32). The highest BCUT2D eigenvalue weighted by Crippen LogP contribution is 2.49. The highest BCUT2D eigenvalue weighted by atomic mass is 32.2. The maximum Gasteiger partial charge on any atom is 0.416 e. The van der Waals surface area contributed by atoms with E-state index < -0.39 is 29.5 Å². The Kier molecular flexibility index (Phi) is 6.71. The molecule has 2 aromatic rings. The van der Waals surface area contributed by atoms with Crippen molar-refractivity contribution in [3.8, 4) is 0 Å². The number of halogens is 5. The number of benzene rings is 1. The molecule has 2 fully saturated rings. The molecule has 2 aliphatic rings. The van der Waals surface area contributed by atoms with Crippen LogP contribution < -0.4 is 5.32 Å². The molecule has 2 aliphatic carbocycles. The minimum absolute atomic E-state index is 0.0931. The molecular weight excluding hydrogens is 459 g/mol. The Bertz CT molecular complexity index is 1040. The first kappa shape index (κ1) is 24.0. The average molecular weight is 485 g/mol. The van der Waals surface area contributed by atoms with Gasteiger partial charge in [0.05, 0.1) is 10.6 Å². The first-order valence-electron chi connectivity index (χ1n) is 11.0. The largest absolute Gasteiger partial charge is 0.416 e. The lowest BCUT2D eigenvalue weighted by Crippen LogP contribution is -2.20. The third kappa shape index (κ3) is 5.67. The van der Waals surface area contributed by atoms with E-state index in [-0.39, 0.29) is 42.7 Å². The van der Waals surface area contributed by atoms with Gasteiger partial charge >= 0.3 is 6.18 Å². The number of aromatic nitrogens is 1. The molecule has 4 rings (SSSR count). The number of rotatable bonds is 5. The molecule has 1 amide bonds. The number of anilines is 1. The molecule has 9 heteroatoms. The lowest BCUT2D eigenvalue weighted by molar-refractivity contribution is -0.138. The summed E-state index contributed by atoms with van der Waals surface area (Å²) < 4.78 is 69.7. The van der Waals surface area contributed by atoms with E-state index in [0.717, 1.165) is 6.07 Å². The van der Waals surface area contributed by atoms with Gasteiger partial charge in [-0.2, -0.15) is 13.2 Å². The van der Waals surface area contributed by atoms with E-state index in [1.165, 1.54) is 24.0 Å². The summed E-state index contributed by atoms with van der Waals surface area (Å²) in [6.07, 6.45) is 0.274. The number of hydrogen-bond donors (Lipinski definition) is 1. The Balaban J connectivity index is 1.76. The SMILES string of the molecule is CSc1cc(NC(=O)c2cc(C(F)(F)F)c(C3CC3)cc2C2CCCC(F)(F)CC2)ccn1. The van der Waals surface area contributed by atoms with Crippen molar-refractivity contribution in [1.82, 2.24) is 4.98 Å². The second kappa shape index (κ2) is 9.24. The van der Waals surface area contributed by atoms with E-state index in [2.05, 4.69) is 10.3 Å². The molecule has 0 saturated heterocycles. The number of nitrogens with one attached hydrogen (secondary N) is 1. The maximum atomic E-state index is 14.0. The van der Waals surface area contributed by atoms with Crippen molar-refractivity contribution < 1.29 is 26.7 Å². The molecule has 1 heterocycles. The van der Waals surface area contributed by atoms with Crippen molar-refractivity contribution in [3.05, 3.63) is 52.7 Å². The number of pyridine rings is 1. The smallest absolute Gasteiger partial charge is 0.322 e. The van der Waals surface area contributed by atoms with Crippen molar-refractivity contribution in [2.75, 3.05) is 11.6 Å². The Labute approximate surface area is 193 Å². The van der Waals surface area contributed by atoms with Crippen LogP contribution in [0.1, 0.15) is 83.8 Å². The van der Waals surface area contributed by atoms with E-state index in [9.17, 15) is 26.7 Å². The fraction of sp³-hybridized carbons (Fsp3) is 0.500. The monoisotopic (exact) mass is 484 g/mol. The second-order valence-corrected chi connectivity index (χ2v) is 9.65. The highest BCUT2D eigenvalue weighted by molar-refractivity contribution is 7.98. The van der Waals surface area contributed by atoms with E-state index in [4.69, 9.17) is 0 Å². The molecular formula is C24H25F5N2OS. The van der Waals surface area contributed by atoms with Crippen LogP contribution in [-0.2, 0) is 6.18 Å². The number of thioether (sulfide) groups is 1. The average Bonchev–Trinajstić information content (AvgIpc) is 3.60. The van der Waals surface area contributed by atoms with Crippen molar-refractivity contribution >= 4 is 23.4 Å². The summed E-state index contributed by atoms with van der Waals surface area (Å²) in [4.78, 5) is 17.3. The Hall–Kier alpha value is -2.16. The summed E-state index contributed by atoms with van der Waals surface area (Å²) in [6, 6.07) is 5.60. The summed E-state index contributed by atoms with van der Waals surface area (Å²) in [7, 11) is 0. The first-order chi connectivity index (χ1) is 15.6. The Morgan fingerprint density at radius 1 is 1.06 bits per heavy atom. The molecule has 3 nitrogen and oxygen atoms in total. The van der Waals surface area contributed by atoms with E-state index in [0.29, 0.717) is 35.5 Å². The van der Waals surface area contributed by atoms with Gasteiger partial charge in [-0.1, -0.05) is 6.07 Å². The summed E-state index contributed by atoms with van der Waals surface area (Å²) in [6.45, 7) is 0. The van der Waals surface area contributed by atoms with Gasteiger partial charge in [-0.3, -0.25) is 4.79 Å². The number of amides is 1. The van der Waals surface area contributed by atoms with Gasteiger partial charge in [0.15, 0.2) is 0 Å². The molecule has 1 atom stereocenters. The number of carbonyl (C=O) groups is 1. The Morgan fingerprint density at radius 2 is 1.79 bits per heavy atom. The zero-order valence-electron chi connectivity index (χ0n) is 18.1. The van der Waals surface area contributed by atoms with Crippen LogP contribution in [0.2, 0.25) is 0 Å². The molecule has 0 aliphatic heterocycles. The van der Waals surface area contributed by atoms with Crippen LogP contribution in [0.4, 0.5) is 27.6 Å². The predicted molar refractivity (Wildman–Crippen MR) is 118 cm³/mol. The van der Waals surface area contributed by atoms with Gasteiger partial charge in [0.2, 0.25) is 5.92 Å². The van der Waals surface area contributed by atoms with Gasteiger partial charge in [-0.05, 0) is 79.5 Å². The fourth-order valence-corrected chi connectivity index (χ4v) is 4.93. The number of carbonyl (C=O) groups excluding carboxylic acids is 1. The first-order valence-corrected chi connectivity index (χ1v) is 12.2. The fourth-order valence-electron chi connectivity index (χ4n) is 4.52. The maximum absolute atomic E-state index is 14.0. The van der Waals surface area contributed by atoms with Gasteiger partial charge in [-0.15, -0.1) is 11.8 Å². The normalized spacial score (nSPS) is 20.8. The molecule has 0 bridgehead atoms. The van der Waals surface area contributed by atoms with Crippen LogP contribution in [0.15, 0.2) is 35.5 Å². The lowest BCUT2D eigenvalue weighted by atomic mass is 9.84. The predicted octanol–water partition coefficient (Wildman–Crippen LogP) is 7.64. The van der Waals surface area contributed by atoms with Crippen LogP contribution >= 0.6 is 11.8 Å². The molecule has 1 aromatic heterocycles. The van der Waals surface area contributed by atoms with Gasteiger partial charge in [0.1, 0.15) is 0 Å².